The topological polar surface area (TPSA) is 79.4 Å². The average Bonchev–Trinajstić information content (AvgIpc) is 3.23. The molecule has 9 heteroatoms. The van der Waals surface area contributed by atoms with Crippen LogP contribution in [0.2, 0.25) is 5.02 Å². The highest BCUT2D eigenvalue weighted by atomic mass is 35.5. The van der Waals surface area contributed by atoms with Crippen LogP contribution in [0.1, 0.15) is 42.4 Å². The van der Waals surface area contributed by atoms with Gasteiger partial charge in [-0.2, -0.15) is 4.98 Å². The number of nitrogens with zero attached hydrogens (tertiary/aromatic N) is 3. The summed E-state index contributed by atoms with van der Waals surface area (Å²) in [5.74, 6) is 2.33. The van der Waals surface area contributed by atoms with E-state index in [1.54, 1.807) is 19.5 Å². The Morgan fingerprint density at radius 1 is 1.14 bits per heavy atom. The van der Waals surface area contributed by atoms with Crippen molar-refractivity contribution < 1.29 is 9.30 Å². The zero-order chi connectivity index (χ0) is 26.3. The minimum Gasteiger partial charge on any atom is -0.488 e. The molecule has 0 aliphatic carbocycles. The fraction of sp³-hybridized carbons (Fsp3) is 0.429. The SMILES string of the molecule is Cc1cc(Nc2ncc(Cl)c(Nc3ccccc3P(C)(C)=O)n2)c2c(c1C1CCN(C)CC1)C[C@@H](C)O2. The number of para-hydroxylation sites is 1. The van der Waals surface area contributed by atoms with Crippen molar-refractivity contribution in [1.29, 1.82) is 0 Å². The molecule has 3 aromatic rings. The summed E-state index contributed by atoms with van der Waals surface area (Å²) >= 11 is 6.46. The molecule has 2 aliphatic rings. The Balaban J connectivity index is 1.46. The highest BCUT2D eigenvalue weighted by Crippen LogP contribution is 2.46. The maximum absolute atomic E-state index is 12.8. The summed E-state index contributed by atoms with van der Waals surface area (Å²) in [6, 6.07) is 9.69. The molecule has 2 aliphatic heterocycles. The van der Waals surface area contributed by atoms with Crippen molar-refractivity contribution in [3.05, 3.63) is 58.2 Å². The lowest BCUT2D eigenvalue weighted by molar-refractivity contribution is 0.254. The Kier molecular flexibility index (Phi) is 7.23. The Hall–Kier alpha value is -2.60. The van der Waals surface area contributed by atoms with Crippen molar-refractivity contribution in [1.82, 2.24) is 14.9 Å². The molecule has 1 aromatic heterocycles. The number of benzene rings is 2. The van der Waals surface area contributed by atoms with E-state index in [1.807, 2.05) is 24.3 Å². The predicted molar refractivity (Wildman–Crippen MR) is 154 cm³/mol. The van der Waals surface area contributed by atoms with Gasteiger partial charge in [-0.15, -0.1) is 0 Å². The molecule has 3 heterocycles. The van der Waals surface area contributed by atoms with Crippen molar-refractivity contribution in [2.45, 2.75) is 45.1 Å². The van der Waals surface area contributed by atoms with Crippen molar-refractivity contribution in [2.75, 3.05) is 44.1 Å². The van der Waals surface area contributed by atoms with Crippen LogP contribution in [0.25, 0.3) is 0 Å². The predicted octanol–water partition coefficient (Wildman–Crippen LogP) is 6.31. The van der Waals surface area contributed by atoms with Gasteiger partial charge in [-0.25, -0.2) is 4.98 Å². The molecule has 2 aromatic carbocycles. The maximum Gasteiger partial charge on any atom is 0.229 e. The molecule has 1 atom stereocenters. The first kappa shape index (κ1) is 26.0. The lowest BCUT2D eigenvalue weighted by atomic mass is 9.82. The summed E-state index contributed by atoms with van der Waals surface area (Å²) in [5, 5.41) is 7.79. The summed E-state index contributed by atoms with van der Waals surface area (Å²) in [7, 11) is -0.302. The van der Waals surface area contributed by atoms with E-state index in [0.717, 1.165) is 41.9 Å². The molecule has 196 valence electrons. The van der Waals surface area contributed by atoms with Gasteiger partial charge < -0.3 is 24.8 Å². The van der Waals surface area contributed by atoms with Crippen LogP contribution in [-0.4, -0.2) is 54.4 Å². The Morgan fingerprint density at radius 3 is 2.59 bits per heavy atom. The first-order valence-electron chi connectivity index (χ1n) is 12.8. The molecule has 7 nitrogen and oxygen atoms in total. The molecule has 0 spiro atoms. The molecule has 37 heavy (non-hydrogen) atoms. The number of aromatic nitrogens is 2. The molecule has 0 unspecified atom stereocenters. The molecule has 2 N–H and O–H groups in total. The second kappa shape index (κ2) is 10.3. The lowest BCUT2D eigenvalue weighted by Gasteiger charge is -2.31. The number of nitrogens with one attached hydrogen (secondary N) is 2. The number of anilines is 4. The van der Waals surface area contributed by atoms with Gasteiger partial charge in [0.05, 0.1) is 17.6 Å². The van der Waals surface area contributed by atoms with Crippen molar-refractivity contribution >= 4 is 47.2 Å². The second-order valence-electron chi connectivity index (χ2n) is 10.7. The van der Waals surface area contributed by atoms with Gasteiger partial charge in [0.25, 0.3) is 0 Å². The van der Waals surface area contributed by atoms with Gasteiger partial charge in [0.15, 0.2) is 5.82 Å². The maximum atomic E-state index is 12.8. The first-order valence-corrected chi connectivity index (χ1v) is 15.8. The first-order chi connectivity index (χ1) is 17.6. The number of ether oxygens (including phenoxy) is 1. The fourth-order valence-corrected chi connectivity index (χ4v) is 6.81. The third kappa shape index (κ3) is 5.50. The van der Waals surface area contributed by atoms with E-state index in [4.69, 9.17) is 16.3 Å². The third-order valence-corrected chi connectivity index (χ3v) is 9.12. The molecule has 0 saturated carbocycles. The van der Waals surface area contributed by atoms with Crippen molar-refractivity contribution in [2.24, 2.45) is 0 Å². The Morgan fingerprint density at radius 2 is 1.86 bits per heavy atom. The van der Waals surface area contributed by atoms with Crippen LogP contribution in [0.3, 0.4) is 0 Å². The minimum absolute atomic E-state index is 0.126. The molecular weight excluding hydrogens is 505 g/mol. The van der Waals surface area contributed by atoms with Gasteiger partial charge in [-0.3, -0.25) is 0 Å². The van der Waals surface area contributed by atoms with Gasteiger partial charge in [0.2, 0.25) is 5.95 Å². The summed E-state index contributed by atoms with van der Waals surface area (Å²) in [4.78, 5) is 11.5. The van der Waals surface area contributed by atoms with Crippen LogP contribution >= 0.6 is 18.7 Å². The summed E-state index contributed by atoms with van der Waals surface area (Å²) in [6.45, 7) is 10.1. The monoisotopic (exact) mass is 539 g/mol. The standard InChI is InChI=1S/C28H35ClN5O2P/c1-17-14-23(26-20(15-18(2)36-26)25(17)19-10-12-34(3)13-11-19)32-28-30-16-21(29)27(33-28)31-22-8-6-7-9-24(22)37(4,5)35/h6-9,14,16,18-19H,10-13,15H2,1-5H3,(H2,30,31,32,33)/t18-/m1/s1. The van der Waals surface area contributed by atoms with E-state index >= 15 is 0 Å². The van der Waals surface area contributed by atoms with Crippen LogP contribution in [0.5, 0.6) is 5.75 Å². The van der Waals surface area contributed by atoms with Crippen LogP contribution in [-0.2, 0) is 11.0 Å². The zero-order valence-electron chi connectivity index (χ0n) is 22.1. The number of hydrogen-bond acceptors (Lipinski definition) is 7. The average molecular weight is 540 g/mol. The van der Waals surface area contributed by atoms with E-state index in [9.17, 15) is 4.57 Å². The molecule has 1 fully saturated rings. The number of halogens is 1. The molecule has 0 radical (unpaired) electrons. The summed E-state index contributed by atoms with van der Waals surface area (Å²) in [6.07, 6.45) is 4.95. The fourth-order valence-electron chi connectivity index (χ4n) is 5.52. The molecule has 0 bridgehead atoms. The smallest absolute Gasteiger partial charge is 0.229 e. The minimum atomic E-state index is -2.50. The van der Waals surface area contributed by atoms with E-state index in [1.165, 1.54) is 29.5 Å². The van der Waals surface area contributed by atoms with Crippen molar-refractivity contribution in [3.8, 4) is 5.75 Å². The number of hydrogen-bond donors (Lipinski definition) is 2. The number of aryl methyl sites for hydroxylation is 1. The molecule has 1 saturated heterocycles. The molecule has 5 rings (SSSR count). The van der Waals surface area contributed by atoms with E-state index in [-0.39, 0.29) is 6.10 Å². The molecular formula is C28H35ClN5O2P. The normalized spacial score (nSPS) is 18.4. The van der Waals surface area contributed by atoms with Gasteiger partial charge in [0, 0.05) is 17.3 Å². The van der Waals surface area contributed by atoms with Gasteiger partial charge in [0.1, 0.15) is 24.0 Å². The second-order valence-corrected chi connectivity index (χ2v) is 14.3. The van der Waals surface area contributed by atoms with Crippen LogP contribution in [0, 0.1) is 6.92 Å². The van der Waals surface area contributed by atoms with Gasteiger partial charge in [-0.05, 0) is 95.4 Å². The van der Waals surface area contributed by atoms with Crippen LogP contribution in [0.4, 0.5) is 23.1 Å². The van der Waals surface area contributed by atoms with E-state index in [2.05, 4.69) is 52.5 Å². The number of fused-ring (bicyclic) bond motifs is 1. The van der Waals surface area contributed by atoms with E-state index < -0.39 is 7.14 Å². The quantitative estimate of drug-likeness (QED) is 0.355. The highest BCUT2D eigenvalue weighted by molar-refractivity contribution is 7.70. The summed E-state index contributed by atoms with van der Waals surface area (Å²) in [5.41, 5.74) is 5.63. The lowest BCUT2D eigenvalue weighted by Crippen LogP contribution is -2.29. The molecule has 0 amide bonds. The largest absolute Gasteiger partial charge is 0.488 e. The Bertz CT molecular complexity index is 1370. The van der Waals surface area contributed by atoms with Gasteiger partial charge in [-0.1, -0.05) is 23.7 Å². The number of rotatable bonds is 6. The van der Waals surface area contributed by atoms with Gasteiger partial charge >= 0.3 is 0 Å². The highest BCUT2D eigenvalue weighted by Gasteiger charge is 2.31. The van der Waals surface area contributed by atoms with Crippen LogP contribution < -0.4 is 20.7 Å². The Labute approximate surface area is 224 Å². The van der Waals surface area contributed by atoms with E-state index in [0.29, 0.717) is 22.7 Å². The zero-order valence-corrected chi connectivity index (χ0v) is 23.8. The third-order valence-electron chi connectivity index (χ3n) is 7.29. The summed E-state index contributed by atoms with van der Waals surface area (Å²) < 4.78 is 19.1. The number of likely N-dealkylation sites (tertiary alicyclic amines) is 1. The number of piperidine rings is 1. The van der Waals surface area contributed by atoms with Crippen LogP contribution in [0.15, 0.2) is 36.5 Å². The van der Waals surface area contributed by atoms with Crippen molar-refractivity contribution in [3.63, 3.8) is 0 Å².